The summed E-state index contributed by atoms with van der Waals surface area (Å²) in [5, 5.41) is 16.2. The van der Waals surface area contributed by atoms with Crippen molar-refractivity contribution in [2.24, 2.45) is 0 Å². The first-order valence-corrected chi connectivity index (χ1v) is 9.32. The first-order valence-electron chi connectivity index (χ1n) is 8.33. The molecule has 0 spiro atoms. The highest BCUT2D eigenvalue weighted by atomic mass is 32.2. The van der Waals surface area contributed by atoms with Crippen LogP contribution in [0.1, 0.15) is 5.69 Å². The minimum absolute atomic E-state index is 0.127. The highest BCUT2D eigenvalue weighted by molar-refractivity contribution is 7.99. The number of pyridine rings is 1. The van der Waals surface area contributed by atoms with Crippen LogP contribution in [0.25, 0.3) is 16.6 Å². The quantitative estimate of drug-likeness (QED) is 0.538. The van der Waals surface area contributed by atoms with Crippen LogP contribution in [0.4, 0.5) is 5.69 Å². The van der Waals surface area contributed by atoms with Crippen LogP contribution in [-0.2, 0) is 4.79 Å². The first kappa shape index (κ1) is 17.2. The predicted octanol–water partition coefficient (Wildman–Crippen LogP) is 3.25. The van der Waals surface area contributed by atoms with Gasteiger partial charge in [-0.3, -0.25) is 9.78 Å². The van der Waals surface area contributed by atoms with E-state index in [-0.39, 0.29) is 11.7 Å². The maximum Gasteiger partial charge on any atom is 0.234 e. The molecular formula is C19H16N6OS. The van der Waals surface area contributed by atoms with E-state index >= 15 is 0 Å². The number of carbonyl (C=O) groups excluding carboxylic acids is 1. The van der Waals surface area contributed by atoms with Gasteiger partial charge in [0.2, 0.25) is 11.1 Å². The second-order valence-corrected chi connectivity index (χ2v) is 6.82. The number of aryl methyl sites for hydroxylation is 1. The van der Waals surface area contributed by atoms with E-state index in [1.165, 1.54) is 11.8 Å². The second-order valence-electron chi connectivity index (χ2n) is 5.87. The Morgan fingerprint density at radius 3 is 2.74 bits per heavy atom. The van der Waals surface area contributed by atoms with Gasteiger partial charge in [-0.1, -0.05) is 48.2 Å². The number of fused-ring (bicyclic) bond motifs is 1. The molecule has 0 aliphatic rings. The Kier molecular flexibility index (Phi) is 4.80. The lowest BCUT2D eigenvalue weighted by Gasteiger charge is -2.09. The molecule has 0 radical (unpaired) electrons. The minimum atomic E-state index is -0.127. The van der Waals surface area contributed by atoms with Crippen molar-refractivity contribution in [3.8, 4) is 5.69 Å². The fraction of sp³-hybridized carbons (Fsp3) is 0.105. The molecule has 4 aromatic rings. The van der Waals surface area contributed by atoms with Gasteiger partial charge in [-0.25, -0.2) is 0 Å². The number of benzene rings is 2. The maximum absolute atomic E-state index is 12.5. The van der Waals surface area contributed by atoms with Crippen molar-refractivity contribution in [1.29, 1.82) is 0 Å². The van der Waals surface area contributed by atoms with Crippen molar-refractivity contribution in [3.05, 3.63) is 66.4 Å². The van der Waals surface area contributed by atoms with Crippen LogP contribution in [0.3, 0.4) is 0 Å². The van der Waals surface area contributed by atoms with Crippen molar-refractivity contribution in [3.63, 3.8) is 0 Å². The summed E-state index contributed by atoms with van der Waals surface area (Å²) in [6.45, 7) is 1.91. The molecule has 2 aromatic heterocycles. The van der Waals surface area contributed by atoms with E-state index in [0.717, 1.165) is 28.0 Å². The van der Waals surface area contributed by atoms with E-state index in [4.69, 9.17) is 0 Å². The normalized spacial score (nSPS) is 10.9. The van der Waals surface area contributed by atoms with Gasteiger partial charge in [0.15, 0.2) is 0 Å². The summed E-state index contributed by atoms with van der Waals surface area (Å²) >= 11 is 1.28. The fourth-order valence-corrected chi connectivity index (χ4v) is 3.42. The molecule has 1 N–H and O–H groups in total. The van der Waals surface area contributed by atoms with E-state index in [0.29, 0.717) is 5.16 Å². The molecule has 0 saturated heterocycles. The SMILES string of the molecule is Cc1cc(NC(=O)CSc2nnnn2-c2ccccc2)c2ccccc2n1. The molecule has 27 heavy (non-hydrogen) atoms. The van der Waals surface area contributed by atoms with Crippen LogP contribution in [-0.4, -0.2) is 36.9 Å². The zero-order valence-corrected chi connectivity index (χ0v) is 15.3. The van der Waals surface area contributed by atoms with Crippen molar-refractivity contribution in [2.45, 2.75) is 12.1 Å². The van der Waals surface area contributed by atoms with Crippen molar-refractivity contribution in [2.75, 3.05) is 11.1 Å². The Morgan fingerprint density at radius 1 is 1.11 bits per heavy atom. The Bertz CT molecular complexity index is 1100. The molecule has 0 saturated carbocycles. The second kappa shape index (κ2) is 7.55. The first-order chi connectivity index (χ1) is 13.2. The summed E-state index contributed by atoms with van der Waals surface area (Å²) in [6, 6.07) is 19.2. The zero-order valence-electron chi connectivity index (χ0n) is 14.5. The third-order valence-corrected chi connectivity index (χ3v) is 4.81. The van der Waals surface area contributed by atoms with Gasteiger partial charge in [0, 0.05) is 11.1 Å². The highest BCUT2D eigenvalue weighted by Gasteiger charge is 2.13. The van der Waals surface area contributed by atoms with E-state index in [1.807, 2.05) is 67.6 Å². The van der Waals surface area contributed by atoms with E-state index in [1.54, 1.807) is 4.68 Å². The van der Waals surface area contributed by atoms with Crippen molar-refractivity contribution >= 4 is 34.3 Å². The molecule has 1 amide bonds. The number of aromatic nitrogens is 5. The van der Waals surface area contributed by atoms with Crippen LogP contribution >= 0.6 is 11.8 Å². The van der Waals surface area contributed by atoms with Gasteiger partial charge in [-0.2, -0.15) is 4.68 Å². The summed E-state index contributed by atoms with van der Waals surface area (Å²) in [5.41, 5.74) is 3.31. The van der Waals surface area contributed by atoms with Gasteiger partial charge >= 0.3 is 0 Å². The number of nitrogens with one attached hydrogen (secondary N) is 1. The Hall–Kier alpha value is -3.26. The average Bonchev–Trinajstić information content (AvgIpc) is 3.15. The smallest absolute Gasteiger partial charge is 0.234 e. The number of tetrazole rings is 1. The van der Waals surface area contributed by atoms with E-state index in [9.17, 15) is 4.79 Å². The molecule has 2 aromatic carbocycles. The number of para-hydroxylation sites is 2. The van der Waals surface area contributed by atoms with Crippen LogP contribution < -0.4 is 5.32 Å². The molecule has 0 aliphatic heterocycles. The average molecular weight is 376 g/mol. The number of anilines is 1. The molecule has 0 bridgehead atoms. The summed E-state index contributed by atoms with van der Waals surface area (Å²) in [6.07, 6.45) is 0. The van der Waals surface area contributed by atoms with Gasteiger partial charge in [-0.05, 0) is 41.6 Å². The molecule has 0 unspecified atom stereocenters. The van der Waals surface area contributed by atoms with Crippen LogP contribution in [0.15, 0.2) is 65.8 Å². The lowest BCUT2D eigenvalue weighted by Crippen LogP contribution is -2.15. The van der Waals surface area contributed by atoms with E-state index in [2.05, 4.69) is 25.8 Å². The Labute approximate surface area is 159 Å². The highest BCUT2D eigenvalue weighted by Crippen LogP contribution is 2.24. The maximum atomic E-state index is 12.5. The van der Waals surface area contributed by atoms with Gasteiger partial charge < -0.3 is 5.32 Å². The predicted molar refractivity (Wildman–Crippen MR) is 105 cm³/mol. The van der Waals surface area contributed by atoms with Gasteiger partial charge in [-0.15, -0.1) is 5.10 Å². The standard InChI is InChI=1S/C19H16N6OS/c1-13-11-17(15-9-5-6-10-16(15)20-13)21-18(26)12-27-19-22-23-24-25(19)14-7-3-2-4-8-14/h2-11H,12H2,1H3,(H,20,21,26). The largest absolute Gasteiger partial charge is 0.325 e. The molecule has 7 nitrogen and oxygen atoms in total. The molecular weight excluding hydrogens is 360 g/mol. The van der Waals surface area contributed by atoms with Gasteiger partial charge in [0.1, 0.15) is 0 Å². The summed E-state index contributed by atoms with van der Waals surface area (Å²) in [7, 11) is 0. The molecule has 0 atom stereocenters. The molecule has 134 valence electrons. The number of hydrogen-bond donors (Lipinski definition) is 1. The van der Waals surface area contributed by atoms with Crippen LogP contribution in [0, 0.1) is 6.92 Å². The monoisotopic (exact) mass is 376 g/mol. The Balaban J connectivity index is 1.48. The zero-order chi connectivity index (χ0) is 18.6. The lowest BCUT2D eigenvalue weighted by molar-refractivity contribution is -0.113. The minimum Gasteiger partial charge on any atom is -0.325 e. The van der Waals surface area contributed by atoms with Crippen LogP contribution in [0.2, 0.25) is 0 Å². The summed E-state index contributed by atoms with van der Waals surface area (Å²) < 4.78 is 1.62. The topological polar surface area (TPSA) is 85.6 Å². The van der Waals surface area contributed by atoms with Crippen LogP contribution in [0.5, 0.6) is 0 Å². The molecule has 4 rings (SSSR count). The number of rotatable bonds is 5. The lowest BCUT2D eigenvalue weighted by atomic mass is 10.1. The third kappa shape index (κ3) is 3.80. The number of hydrogen-bond acceptors (Lipinski definition) is 6. The molecule has 0 fully saturated rings. The van der Waals surface area contributed by atoms with Gasteiger partial charge in [0.05, 0.1) is 22.6 Å². The molecule has 2 heterocycles. The third-order valence-electron chi connectivity index (χ3n) is 3.89. The summed E-state index contributed by atoms with van der Waals surface area (Å²) in [4.78, 5) is 17.0. The number of amides is 1. The fourth-order valence-electron chi connectivity index (χ4n) is 2.73. The summed E-state index contributed by atoms with van der Waals surface area (Å²) in [5.74, 6) is 0.0708. The molecule has 8 heteroatoms. The van der Waals surface area contributed by atoms with Gasteiger partial charge in [0.25, 0.3) is 0 Å². The number of thioether (sulfide) groups is 1. The van der Waals surface area contributed by atoms with Crippen molar-refractivity contribution in [1.82, 2.24) is 25.2 Å². The molecule has 0 aliphatic carbocycles. The Morgan fingerprint density at radius 2 is 1.89 bits per heavy atom. The number of carbonyl (C=O) groups is 1. The van der Waals surface area contributed by atoms with E-state index < -0.39 is 0 Å². The number of nitrogens with zero attached hydrogens (tertiary/aromatic N) is 5. The van der Waals surface area contributed by atoms with Crippen molar-refractivity contribution < 1.29 is 4.79 Å².